The lowest BCUT2D eigenvalue weighted by molar-refractivity contribution is -0.384. The maximum absolute atomic E-state index is 10.6. The lowest BCUT2D eigenvalue weighted by Gasteiger charge is -2.12. The molecule has 0 spiro atoms. The fourth-order valence-electron chi connectivity index (χ4n) is 2.55. The van der Waals surface area contributed by atoms with Crippen LogP contribution in [-0.2, 0) is 6.42 Å². The first-order valence-electron chi connectivity index (χ1n) is 8.36. The van der Waals surface area contributed by atoms with Crippen molar-refractivity contribution in [2.24, 2.45) is 0 Å². The Morgan fingerprint density at radius 3 is 2.40 bits per heavy atom. The van der Waals surface area contributed by atoms with E-state index in [1.807, 2.05) is 24.3 Å². The van der Waals surface area contributed by atoms with E-state index in [-0.39, 0.29) is 10.6 Å². The molecule has 2 aromatic rings. The molecule has 6 heteroatoms. The normalized spacial score (nSPS) is 11.9. The van der Waals surface area contributed by atoms with E-state index < -0.39 is 6.10 Å². The number of nitro groups is 1. The molecular weight excluding hydrogens is 320 g/mol. The molecule has 6 nitrogen and oxygen atoms in total. The van der Waals surface area contributed by atoms with Crippen LogP contribution in [0.4, 0.5) is 5.69 Å². The third kappa shape index (κ3) is 6.17. The average Bonchev–Trinajstić information content (AvgIpc) is 2.64. The number of hydrogen-bond acceptors (Lipinski definition) is 5. The Kier molecular flexibility index (Phi) is 7.37. The first-order chi connectivity index (χ1) is 12.1. The molecule has 2 rings (SSSR count). The van der Waals surface area contributed by atoms with Gasteiger partial charge in [0.1, 0.15) is 5.75 Å². The van der Waals surface area contributed by atoms with Crippen molar-refractivity contribution < 1.29 is 14.8 Å². The SMILES string of the molecule is COc1ccc(C(O)CNCCCCc2ccc([N+](=O)[O-])cc2)cc1. The zero-order valence-electron chi connectivity index (χ0n) is 14.4. The number of aliphatic hydroxyl groups excluding tert-OH is 1. The van der Waals surface area contributed by atoms with Gasteiger partial charge in [-0.2, -0.15) is 0 Å². The van der Waals surface area contributed by atoms with E-state index in [1.165, 1.54) is 0 Å². The largest absolute Gasteiger partial charge is 0.497 e. The summed E-state index contributed by atoms with van der Waals surface area (Å²) < 4.78 is 5.10. The summed E-state index contributed by atoms with van der Waals surface area (Å²) >= 11 is 0. The van der Waals surface area contributed by atoms with Gasteiger partial charge in [0.2, 0.25) is 0 Å². The van der Waals surface area contributed by atoms with Gasteiger partial charge in [-0.05, 0) is 49.1 Å². The number of benzene rings is 2. The minimum atomic E-state index is -0.541. The van der Waals surface area contributed by atoms with Crippen molar-refractivity contribution >= 4 is 5.69 Å². The highest BCUT2D eigenvalue weighted by molar-refractivity contribution is 5.32. The minimum absolute atomic E-state index is 0.123. The molecule has 0 amide bonds. The average molecular weight is 344 g/mol. The number of non-ortho nitro benzene ring substituents is 1. The number of rotatable bonds is 10. The van der Waals surface area contributed by atoms with Crippen LogP contribution in [0.3, 0.4) is 0 Å². The first-order valence-corrected chi connectivity index (χ1v) is 8.36. The highest BCUT2D eigenvalue weighted by Gasteiger charge is 2.07. The van der Waals surface area contributed by atoms with Gasteiger partial charge in [-0.15, -0.1) is 0 Å². The lowest BCUT2D eigenvalue weighted by atomic mass is 10.1. The third-order valence-corrected chi connectivity index (χ3v) is 4.05. The van der Waals surface area contributed by atoms with Crippen molar-refractivity contribution in [3.63, 3.8) is 0 Å². The summed E-state index contributed by atoms with van der Waals surface area (Å²) in [6.07, 6.45) is 2.32. The van der Waals surface area contributed by atoms with Crippen molar-refractivity contribution in [2.75, 3.05) is 20.2 Å². The molecular formula is C19H24N2O4. The van der Waals surface area contributed by atoms with E-state index in [9.17, 15) is 15.2 Å². The van der Waals surface area contributed by atoms with Crippen LogP contribution in [0.1, 0.15) is 30.1 Å². The Labute approximate surface area is 147 Å². The second kappa shape index (κ2) is 9.76. The van der Waals surface area contributed by atoms with E-state index in [0.29, 0.717) is 6.54 Å². The van der Waals surface area contributed by atoms with Crippen LogP contribution < -0.4 is 10.1 Å². The van der Waals surface area contributed by atoms with Crippen LogP contribution in [0.15, 0.2) is 48.5 Å². The van der Waals surface area contributed by atoms with Gasteiger partial charge in [-0.25, -0.2) is 0 Å². The van der Waals surface area contributed by atoms with E-state index in [1.54, 1.807) is 31.4 Å². The maximum Gasteiger partial charge on any atom is 0.269 e. The highest BCUT2D eigenvalue weighted by Crippen LogP contribution is 2.17. The highest BCUT2D eigenvalue weighted by atomic mass is 16.6. The van der Waals surface area contributed by atoms with Crippen molar-refractivity contribution in [2.45, 2.75) is 25.4 Å². The van der Waals surface area contributed by atoms with Gasteiger partial charge in [0.25, 0.3) is 5.69 Å². The van der Waals surface area contributed by atoms with E-state index in [4.69, 9.17) is 4.74 Å². The van der Waals surface area contributed by atoms with Gasteiger partial charge < -0.3 is 15.2 Å². The predicted octanol–water partition coefficient (Wildman–Crippen LogP) is 3.25. The molecule has 0 aliphatic heterocycles. The summed E-state index contributed by atoms with van der Waals surface area (Å²) in [6.45, 7) is 1.32. The number of unbranched alkanes of at least 4 members (excludes halogenated alkanes) is 1. The Hall–Kier alpha value is -2.44. The van der Waals surface area contributed by atoms with Crippen LogP contribution in [0.25, 0.3) is 0 Å². The number of aryl methyl sites for hydroxylation is 1. The topological polar surface area (TPSA) is 84.6 Å². The zero-order chi connectivity index (χ0) is 18.1. The Morgan fingerprint density at radius 1 is 1.12 bits per heavy atom. The maximum atomic E-state index is 10.6. The fraction of sp³-hybridized carbons (Fsp3) is 0.368. The molecule has 0 aromatic heterocycles. The summed E-state index contributed by atoms with van der Waals surface area (Å²) in [7, 11) is 1.61. The molecule has 2 aromatic carbocycles. The Bertz CT molecular complexity index is 656. The molecule has 0 saturated heterocycles. The van der Waals surface area contributed by atoms with Crippen LogP contribution in [0.5, 0.6) is 5.75 Å². The van der Waals surface area contributed by atoms with Crippen molar-refractivity contribution in [1.82, 2.24) is 5.32 Å². The number of nitro benzene ring substituents is 1. The summed E-state index contributed by atoms with van der Waals surface area (Å²) in [6, 6.07) is 14.1. The molecule has 0 bridgehead atoms. The van der Waals surface area contributed by atoms with Crippen molar-refractivity contribution in [3.8, 4) is 5.75 Å². The summed E-state index contributed by atoms with van der Waals surface area (Å²) in [5, 5.41) is 24.0. The van der Waals surface area contributed by atoms with Gasteiger partial charge >= 0.3 is 0 Å². The predicted molar refractivity (Wildman–Crippen MR) is 96.9 cm³/mol. The third-order valence-electron chi connectivity index (χ3n) is 4.05. The standard InChI is InChI=1S/C19H24N2O4/c1-25-18-11-7-16(8-12-18)19(22)14-20-13-3-2-4-15-5-9-17(10-6-15)21(23)24/h5-12,19-20,22H,2-4,13-14H2,1H3. The molecule has 0 aliphatic rings. The fourth-order valence-corrected chi connectivity index (χ4v) is 2.55. The molecule has 0 saturated carbocycles. The number of ether oxygens (including phenoxy) is 1. The molecule has 1 atom stereocenters. The van der Waals surface area contributed by atoms with E-state index >= 15 is 0 Å². The monoisotopic (exact) mass is 344 g/mol. The first kappa shape index (κ1) is 18.9. The van der Waals surface area contributed by atoms with Gasteiger partial charge in [0.05, 0.1) is 18.1 Å². The Balaban J connectivity index is 1.61. The number of aliphatic hydroxyl groups is 1. The molecule has 2 N–H and O–H groups in total. The molecule has 25 heavy (non-hydrogen) atoms. The molecule has 0 aliphatic carbocycles. The van der Waals surface area contributed by atoms with Gasteiger partial charge in [-0.3, -0.25) is 10.1 Å². The van der Waals surface area contributed by atoms with Gasteiger partial charge in [-0.1, -0.05) is 24.3 Å². The second-order valence-corrected chi connectivity index (χ2v) is 5.87. The lowest BCUT2D eigenvalue weighted by Crippen LogP contribution is -2.22. The van der Waals surface area contributed by atoms with Crippen molar-refractivity contribution in [1.29, 1.82) is 0 Å². The quantitative estimate of drug-likeness (QED) is 0.393. The van der Waals surface area contributed by atoms with Crippen molar-refractivity contribution in [3.05, 3.63) is 69.8 Å². The smallest absolute Gasteiger partial charge is 0.269 e. The number of methoxy groups -OCH3 is 1. The van der Waals surface area contributed by atoms with Crippen LogP contribution >= 0.6 is 0 Å². The summed E-state index contributed by atoms with van der Waals surface area (Å²) in [4.78, 5) is 10.2. The zero-order valence-corrected chi connectivity index (χ0v) is 14.4. The molecule has 0 radical (unpaired) electrons. The molecule has 0 heterocycles. The summed E-state index contributed by atoms with van der Waals surface area (Å²) in [5.74, 6) is 0.773. The van der Waals surface area contributed by atoms with Gasteiger partial charge in [0.15, 0.2) is 0 Å². The van der Waals surface area contributed by atoms with Crippen LogP contribution in [-0.4, -0.2) is 30.2 Å². The molecule has 1 unspecified atom stereocenters. The molecule has 134 valence electrons. The minimum Gasteiger partial charge on any atom is -0.497 e. The van der Waals surface area contributed by atoms with Gasteiger partial charge in [0, 0.05) is 18.7 Å². The van der Waals surface area contributed by atoms with E-state index in [0.717, 1.165) is 42.7 Å². The number of nitrogens with zero attached hydrogens (tertiary/aromatic N) is 1. The summed E-state index contributed by atoms with van der Waals surface area (Å²) in [5.41, 5.74) is 2.08. The number of hydrogen-bond donors (Lipinski definition) is 2. The number of nitrogens with one attached hydrogen (secondary N) is 1. The second-order valence-electron chi connectivity index (χ2n) is 5.87. The van der Waals surface area contributed by atoms with Crippen LogP contribution in [0.2, 0.25) is 0 Å². The molecule has 0 fully saturated rings. The Morgan fingerprint density at radius 2 is 1.80 bits per heavy atom. The van der Waals surface area contributed by atoms with Crippen LogP contribution in [0, 0.1) is 10.1 Å². The van der Waals surface area contributed by atoms with E-state index in [2.05, 4.69) is 5.32 Å².